The normalized spacial score (nSPS) is 15.3. The lowest BCUT2D eigenvalue weighted by Crippen LogP contribution is -2.34. The van der Waals surface area contributed by atoms with Crippen LogP contribution in [-0.4, -0.2) is 4.57 Å². The molecule has 2 heteroatoms. The summed E-state index contributed by atoms with van der Waals surface area (Å²) < 4.78 is 2.54. The SMILES string of the molecule is C1=CCCC(n2c3c(c4ccccc42)=C(N(c2ccc4c(c2)-c2ccccc2C42c4ccccc4-c4ccccc42)c2cc4ccccc4c4ccccc24)C=CCC=3)=C1. The third-order valence-electron chi connectivity index (χ3n) is 13.6. The zero-order chi connectivity index (χ0) is 39.4. The molecule has 1 heterocycles. The maximum absolute atomic E-state index is 2.58. The lowest BCUT2D eigenvalue weighted by Gasteiger charge is -2.32. The molecule has 9 aromatic rings. The van der Waals surface area contributed by atoms with Crippen molar-refractivity contribution in [1.82, 2.24) is 4.57 Å². The van der Waals surface area contributed by atoms with Crippen molar-refractivity contribution >= 4 is 61.3 Å². The van der Waals surface area contributed by atoms with Gasteiger partial charge in [0.2, 0.25) is 0 Å². The van der Waals surface area contributed by atoms with Gasteiger partial charge in [-0.15, -0.1) is 0 Å². The molecule has 4 aliphatic carbocycles. The summed E-state index contributed by atoms with van der Waals surface area (Å²) in [6, 6.07) is 63.9. The fourth-order valence-corrected chi connectivity index (χ4v) is 11.3. The van der Waals surface area contributed by atoms with Crippen LogP contribution in [0.15, 0.2) is 200 Å². The molecule has 282 valence electrons. The van der Waals surface area contributed by atoms with E-state index in [0.29, 0.717) is 0 Å². The van der Waals surface area contributed by atoms with Gasteiger partial charge in [-0.2, -0.15) is 0 Å². The minimum atomic E-state index is -0.398. The summed E-state index contributed by atoms with van der Waals surface area (Å²) in [5.41, 5.74) is 16.4. The standard InChI is InChI=1S/C58H40N2/c1-2-19-39(20-3-1)59-53-31-15-11-27-47(53)57-54(59)32-16-17-33-55(57)60(56-36-38-18-4-5-21-41(38)42-22-6-7-26-46(42)56)40-34-35-52-48(37-40)45-25-10-14-30-51(45)58(52)49-28-12-8-23-43(49)44-24-9-13-29-50(44)58/h1-2,4-15,17-19,21-37H,3,16,20H2. The number of aromatic nitrogens is 1. The first-order valence-corrected chi connectivity index (χ1v) is 21.3. The minimum Gasteiger partial charge on any atom is -0.313 e. The molecule has 8 aromatic carbocycles. The second kappa shape index (κ2) is 12.8. The molecule has 1 aromatic heterocycles. The maximum Gasteiger partial charge on any atom is 0.0725 e. The molecule has 60 heavy (non-hydrogen) atoms. The van der Waals surface area contributed by atoms with Gasteiger partial charge in [-0.3, -0.25) is 0 Å². The highest BCUT2D eigenvalue weighted by Gasteiger charge is 2.51. The first-order valence-electron chi connectivity index (χ1n) is 21.3. The van der Waals surface area contributed by atoms with Crippen molar-refractivity contribution in [2.75, 3.05) is 4.90 Å². The van der Waals surface area contributed by atoms with E-state index in [1.807, 2.05) is 0 Å². The van der Waals surface area contributed by atoms with Crippen LogP contribution in [0.3, 0.4) is 0 Å². The Morgan fingerprint density at radius 1 is 0.517 bits per heavy atom. The van der Waals surface area contributed by atoms with Crippen LogP contribution in [0, 0.1) is 0 Å². The van der Waals surface area contributed by atoms with Crippen LogP contribution in [0.1, 0.15) is 41.5 Å². The Labute approximate surface area is 349 Å². The quantitative estimate of drug-likeness (QED) is 0.162. The summed E-state index contributed by atoms with van der Waals surface area (Å²) in [4.78, 5) is 2.58. The fraction of sp³-hybridized carbons (Fsp3) is 0.0690. The summed E-state index contributed by atoms with van der Waals surface area (Å²) in [5, 5.41) is 8.77. The van der Waals surface area contributed by atoms with Gasteiger partial charge in [-0.1, -0.05) is 170 Å². The number of hydrogen-bond donors (Lipinski definition) is 0. The third kappa shape index (κ3) is 4.48. The van der Waals surface area contributed by atoms with E-state index in [9.17, 15) is 0 Å². The summed E-state index contributed by atoms with van der Waals surface area (Å²) in [5.74, 6) is 0. The molecule has 0 radical (unpaired) electrons. The molecule has 0 amide bonds. The zero-order valence-corrected chi connectivity index (χ0v) is 33.1. The van der Waals surface area contributed by atoms with E-state index in [0.717, 1.165) is 24.9 Å². The molecule has 0 saturated heterocycles. The monoisotopic (exact) mass is 764 g/mol. The number of rotatable bonds is 4. The molecule has 13 rings (SSSR count). The first kappa shape index (κ1) is 33.5. The highest BCUT2D eigenvalue weighted by Crippen LogP contribution is 2.63. The number of hydrogen-bond acceptors (Lipinski definition) is 1. The molecule has 0 fully saturated rings. The Kier molecular flexibility index (Phi) is 7.15. The molecule has 0 unspecified atom stereocenters. The van der Waals surface area contributed by atoms with Gasteiger partial charge >= 0.3 is 0 Å². The second-order valence-electron chi connectivity index (χ2n) is 16.6. The Balaban J connectivity index is 1.16. The summed E-state index contributed by atoms with van der Waals surface area (Å²) in [6.45, 7) is 0. The van der Waals surface area contributed by atoms with Crippen molar-refractivity contribution in [2.24, 2.45) is 0 Å². The highest BCUT2D eigenvalue weighted by atomic mass is 15.2. The van der Waals surface area contributed by atoms with Crippen molar-refractivity contribution in [3.05, 3.63) is 233 Å². The summed E-state index contributed by atoms with van der Waals surface area (Å²) in [7, 11) is 0. The number of nitrogens with zero attached hydrogens (tertiary/aromatic N) is 2. The van der Waals surface area contributed by atoms with Crippen LogP contribution in [0.5, 0.6) is 0 Å². The van der Waals surface area contributed by atoms with Gasteiger partial charge < -0.3 is 9.47 Å². The van der Waals surface area contributed by atoms with Gasteiger partial charge in [0.25, 0.3) is 0 Å². The predicted octanol–water partition coefficient (Wildman–Crippen LogP) is 13.2. The Hall–Kier alpha value is -7.42. The highest BCUT2D eigenvalue weighted by molar-refractivity contribution is 6.15. The van der Waals surface area contributed by atoms with Crippen molar-refractivity contribution in [2.45, 2.75) is 24.7 Å². The topological polar surface area (TPSA) is 8.17 Å². The van der Waals surface area contributed by atoms with Crippen LogP contribution < -0.4 is 15.5 Å². The van der Waals surface area contributed by atoms with Crippen molar-refractivity contribution in [3.8, 4) is 22.3 Å². The lowest BCUT2D eigenvalue weighted by atomic mass is 9.70. The van der Waals surface area contributed by atoms with Crippen molar-refractivity contribution < 1.29 is 0 Å². The van der Waals surface area contributed by atoms with E-state index in [1.54, 1.807) is 0 Å². The van der Waals surface area contributed by atoms with E-state index >= 15 is 0 Å². The Bertz CT molecular complexity index is 3490. The van der Waals surface area contributed by atoms with Gasteiger partial charge in [0.05, 0.1) is 27.7 Å². The van der Waals surface area contributed by atoms with Crippen LogP contribution in [0.4, 0.5) is 11.4 Å². The third-order valence-corrected chi connectivity index (χ3v) is 13.6. The Morgan fingerprint density at radius 2 is 1.13 bits per heavy atom. The van der Waals surface area contributed by atoms with E-state index in [2.05, 4.69) is 216 Å². The van der Waals surface area contributed by atoms with Crippen LogP contribution in [0.2, 0.25) is 0 Å². The van der Waals surface area contributed by atoms with Crippen molar-refractivity contribution in [1.29, 1.82) is 0 Å². The van der Waals surface area contributed by atoms with Gasteiger partial charge in [-0.25, -0.2) is 0 Å². The molecule has 0 atom stereocenters. The second-order valence-corrected chi connectivity index (χ2v) is 16.6. The molecule has 2 nitrogen and oxygen atoms in total. The summed E-state index contributed by atoms with van der Waals surface area (Å²) in [6.07, 6.45) is 16.9. The zero-order valence-electron chi connectivity index (χ0n) is 33.1. The maximum atomic E-state index is 2.58. The van der Waals surface area contributed by atoms with Gasteiger partial charge in [-0.05, 0) is 116 Å². The van der Waals surface area contributed by atoms with Gasteiger partial charge in [0, 0.05) is 27.4 Å². The molecule has 0 N–H and O–H groups in total. The van der Waals surface area contributed by atoms with Gasteiger partial charge in [0.1, 0.15) is 0 Å². The minimum absolute atomic E-state index is 0.398. The van der Waals surface area contributed by atoms with Crippen molar-refractivity contribution in [3.63, 3.8) is 0 Å². The number of para-hydroxylation sites is 1. The van der Waals surface area contributed by atoms with E-state index in [4.69, 9.17) is 0 Å². The molecule has 0 saturated carbocycles. The molecule has 4 aliphatic rings. The molecule has 0 aliphatic heterocycles. The number of anilines is 2. The van der Waals surface area contributed by atoms with E-state index in [1.165, 1.54) is 105 Å². The van der Waals surface area contributed by atoms with Crippen LogP contribution in [-0.2, 0) is 5.41 Å². The van der Waals surface area contributed by atoms with Crippen LogP contribution in [0.25, 0.3) is 72.2 Å². The largest absolute Gasteiger partial charge is 0.313 e. The molecular formula is C58H40N2. The van der Waals surface area contributed by atoms with E-state index < -0.39 is 5.41 Å². The lowest BCUT2D eigenvalue weighted by molar-refractivity contribution is 0.794. The number of fused-ring (bicyclic) bond motifs is 16. The van der Waals surface area contributed by atoms with Gasteiger partial charge in [0.15, 0.2) is 0 Å². The predicted molar refractivity (Wildman–Crippen MR) is 252 cm³/mol. The molecule has 1 spiro atoms. The molecular weight excluding hydrogens is 725 g/mol. The number of benzene rings is 8. The van der Waals surface area contributed by atoms with E-state index in [-0.39, 0.29) is 0 Å². The smallest absolute Gasteiger partial charge is 0.0725 e. The average molecular weight is 765 g/mol. The van der Waals surface area contributed by atoms with Crippen LogP contribution >= 0.6 is 0 Å². The first-order chi connectivity index (χ1) is 29.8. The molecule has 0 bridgehead atoms. The fourth-order valence-electron chi connectivity index (χ4n) is 11.3. The number of allylic oxidation sites excluding steroid dienone is 5. The Morgan fingerprint density at radius 3 is 1.87 bits per heavy atom. The average Bonchev–Trinajstić information content (AvgIpc) is 3.84. The summed E-state index contributed by atoms with van der Waals surface area (Å²) >= 11 is 0.